The molecule has 2 fully saturated rings. The first-order valence-corrected chi connectivity index (χ1v) is 11.6. The lowest BCUT2D eigenvalue weighted by molar-refractivity contribution is -0.148. The summed E-state index contributed by atoms with van der Waals surface area (Å²) in [5.74, 6) is 0.628. The smallest absolute Gasteiger partial charge is 0.306 e. The zero-order valence-electron chi connectivity index (χ0n) is 18.9. The third-order valence-corrected chi connectivity index (χ3v) is 6.17. The summed E-state index contributed by atoms with van der Waals surface area (Å²) in [6, 6.07) is 8.97. The fourth-order valence-corrected chi connectivity index (χ4v) is 4.04. The van der Waals surface area contributed by atoms with Crippen LogP contribution in [0.4, 0.5) is 0 Å². The van der Waals surface area contributed by atoms with Crippen molar-refractivity contribution >= 4 is 11.9 Å². The molecule has 1 N–H and O–H groups in total. The van der Waals surface area contributed by atoms with Crippen LogP contribution in [0.25, 0.3) is 11.4 Å². The molecule has 1 aliphatic carbocycles. The van der Waals surface area contributed by atoms with Crippen LogP contribution < -0.4 is 5.32 Å². The molecule has 172 valence electrons. The number of piperidine rings is 1. The Balaban J connectivity index is 1.15. The largest absolute Gasteiger partial charge is 0.456 e. The topological polar surface area (TPSA) is 97.6 Å². The Bertz CT molecular complexity index is 912. The molecule has 2 heterocycles. The van der Waals surface area contributed by atoms with Crippen molar-refractivity contribution < 1.29 is 18.8 Å². The summed E-state index contributed by atoms with van der Waals surface area (Å²) in [4.78, 5) is 31.0. The van der Waals surface area contributed by atoms with Crippen molar-refractivity contribution in [1.29, 1.82) is 0 Å². The minimum Gasteiger partial charge on any atom is -0.456 e. The second-order valence-corrected chi connectivity index (χ2v) is 9.06. The van der Waals surface area contributed by atoms with Gasteiger partial charge in [-0.15, -0.1) is 0 Å². The number of carbonyl (C=O) groups is 2. The molecule has 1 amide bonds. The molecule has 1 saturated heterocycles. The van der Waals surface area contributed by atoms with E-state index < -0.39 is 5.97 Å². The van der Waals surface area contributed by atoms with Crippen molar-refractivity contribution in [2.24, 2.45) is 0 Å². The van der Waals surface area contributed by atoms with Crippen LogP contribution in [0.2, 0.25) is 0 Å². The number of ether oxygens (including phenoxy) is 1. The van der Waals surface area contributed by atoms with Gasteiger partial charge >= 0.3 is 5.97 Å². The first-order chi connectivity index (χ1) is 15.5. The Kier molecular flexibility index (Phi) is 7.19. The van der Waals surface area contributed by atoms with E-state index in [9.17, 15) is 9.59 Å². The Morgan fingerprint density at radius 3 is 2.53 bits per heavy atom. The number of aromatic nitrogens is 2. The average Bonchev–Trinajstić information content (AvgIpc) is 3.54. The fourth-order valence-electron chi connectivity index (χ4n) is 4.04. The van der Waals surface area contributed by atoms with Gasteiger partial charge in [-0.25, -0.2) is 0 Å². The van der Waals surface area contributed by atoms with Crippen molar-refractivity contribution in [3.63, 3.8) is 0 Å². The molecule has 0 radical (unpaired) electrons. The highest BCUT2D eigenvalue weighted by Crippen LogP contribution is 2.29. The highest BCUT2D eigenvalue weighted by Gasteiger charge is 2.32. The maximum absolute atomic E-state index is 12.1. The van der Waals surface area contributed by atoms with Crippen LogP contribution in [-0.2, 0) is 20.7 Å². The summed E-state index contributed by atoms with van der Waals surface area (Å²) in [5, 5.41) is 6.97. The molecule has 0 spiro atoms. The number of hydrogen-bond donors (Lipinski definition) is 1. The maximum atomic E-state index is 12.1. The highest BCUT2D eigenvalue weighted by molar-refractivity contribution is 5.80. The van der Waals surface area contributed by atoms with Gasteiger partial charge in [0.2, 0.25) is 11.7 Å². The summed E-state index contributed by atoms with van der Waals surface area (Å²) in [5.41, 5.74) is 2.11. The average molecular weight is 441 g/mol. The van der Waals surface area contributed by atoms with Crippen LogP contribution in [0, 0.1) is 0 Å². The molecular formula is C24H32N4O4. The van der Waals surface area contributed by atoms with Gasteiger partial charge in [-0.1, -0.05) is 43.3 Å². The third-order valence-electron chi connectivity index (χ3n) is 6.17. The molecule has 4 rings (SSSR count). The molecule has 8 heteroatoms. The van der Waals surface area contributed by atoms with E-state index >= 15 is 0 Å². The second kappa shape index (κ2) is 10.3. The van der Waals surface area contributed by atoms with Gasteiger partial charge < -0.3 is 19.5 Å². The summed E-state index contributed by atoms with van der Waals surface area (Å²) in [7, 11) is 0. The van der Waals surface area contributed by atoms with Crippen molar-refractivity contribution in [1.82, 2.24) is 20.4 Å². The normalized spacial score (nSPS) is 17.5. The Morgan fingerprint density at radius 2 is 1.88 bits per heavy atom. The zero-order chi connectivity index (χ0) is 22.5. The molecule has 1 aliphatic heterocycles. The Labute approximate surface area is 188 Å². The monoisotopic (exact) mass is 440 g/mol. The number of carbonyl (C=O) groups excluding carboxylic acids is 2. The van der Waals surface area contributed by atoms with Crippen molar-refractivity contribution in [3.8, 4) is 11.4 Å². The molecule has 2 aliphatic rings. The van der Waals surface area contributed by atoms with Crippen LogP contribution >= 0.6 is 0 Å². The van der Waals surface area contributed by atoms with E-state index in [2.05, 4.69) is 46.3 Å². The molecule has 0 unspecified atom stereocenters. The quantitative estimate of drug-likeness (QED) is 0.599. The number of hydrogen-bond acceptors (Lipinski definition) is 7. The lowest BCUT2D eigenvalue weighted by Gasteiger charge is -2.32. The number of amides is 1. The van der Waals surface area contributed by atoms with E-state index in [0.717, 1.165) is 37.5 Å². The summed E-state index contributed by atoms with van der Waals surface area (Å²) < 4.78 is 10.4. The van der Waals surface area contributed by atoms with Gasteiger partial charge in [0.25, 0.3) is 5.91 Å². The first kappa shape index (κ1) is 22.5. The molecule has 0 bridgehead atoms. The van der Waals surface area contributed by atoms with Gasteiger partial charge in [0.15, 0.2) is 6.61 Å². The highest BCUT2D eigenvalue weighted by atomic mass is 16.5. The number of aryl methyl sites for hydroxylation is 1. The molecule has 1 saturated carbocycles. The van der Waals surface area contributed by atoms with Gasteiger partial charge in [0.05, 0.1) is 6.42 Å². The predicted octanol–water partition coefficient (Wildman–Crippen LogP) is 3.08. The van der Waals surface area contributed by atoms with Crippen molar-refractivity contribution in [3.05, 3.63) is 35.7 Å². The summed E-state index contributed by atoms with van der Waals surface area (Å²) in [6.07, 6.45) is 4.89. The van der Waals surface area contributed by atoms with Crippen LogP contribution in [0.1, 0.15) is 63.3 Å². The minimum atomic E-state index is -0.454. The van der Waals surface area contributed by atoms with E-state index in [1.807, 2.05) is 12.1 Å². The van der Waals surface area contributed by atoms with Crippen LogP contribution in [0.3, 0.4) is 0 Å². The van der Waals surface area contributed by atoms with Crippen molar-refractivity contribution in [2.45, 2.75) is 70.4 Å². The van der Waals surface area contributed by atoms with Gasteiger partial charge in [0.1, 0.15) is 0 Å². The van der Waals surface area contributed by atoms with Gasteiger partial charge in [-0.05, 0) is 37.2 Å². The lowest BCUT2D eigenvalue weighted by Crippen LogP contribution is -2.46. The van der Waals surface area contributed by atoms with E-state index in [1.54, 1.807) is 0 Å². The molecular weight excluding hydrogens is 408 g/mol. The number of nitrogens with zero attached hydrogens (tertiary/aromatic N) is 3. The minimum absolute atomic E-state index is 0.0843. The maximum Gasteiger partial charge on any atom is 0.306 e. The van der Waals surface area contributed by atoms with Crippen LogP contribution in [-0.4, -0.2) is 58.7 Å². The summed E-state index contributed by atoms with van der Waals surface area (Å²) >= 11 is 0. The lowest BCUT2D eigenvalue weighted by atomic mass is 10.0. The van der Waals surface area contributed by atoms with Gasteiger partial charge in [-0.2, -0.15) is 4.98 Å². The first-order valence-electron chi connectivity index (χ1n) is 11.6. The Morgan fingerprint density at radius 1 is 1.16 bits per heavy atom. The van der Waals surface area contributed by atoms with Gasteiger partial charge in [0, 0.05) is 37.2 Å². The van der Waals surface area contributed by atoms with E-state index in [1.165, 1.54) is 18.4 Å². The number of rotatable bonds is 9. The second-order valence-electron chi connectivity index (χ2n) is 9.06. The molecule has 1 aromatic heterocycles. The van der Waals surface area contributed by atoms with E-state index in [4.69, 9.17) is 9.26 Å². The zero-order valence-corrected chi connectivity index (χ0v) is 18.9. The SMILES string of the molecule is CC(C)c1ccc(-c2noc(CCC(=O)OCC(=O)NC3CCN(C4CC4)CC3)n2)cc1. The molecule has 2 aromatic rings. The fraction of sp³-hybridized carbons (Fsp3) is 0.583. The molecule has 8 nitrogen and oxygen atoms in total. The number of nitrogens with one attached hydrogen (secondary N) is 1. The van der Waals surface area contributed by atoms with E-state index in [0.29, 0.717) is 17.6 Å². The number of benzene rings is 1. The van der Waals surface area contributed by atoms with Crippen LogP contribution in [0.5, 0.6) is 0 Å². The third kappa shape index (κ3) is 6.16. The molecule has 1 aromatic carbocycles. The number of esters is 1. The Hall–Kier alpha value is -2.74. The molecule has 0 atom stereocenters. The summed E-state index contributed by atoms with van der Waals surface area (Å²) in [6.45, 7) is 6.09. The van der Waals surface area contributed by atoms with Crippen LogP contribution in [0.15, 0.2) is 28.8 Å². The number of likely N-dealkylation sites (tertiary alicyclic amines) is 1. The van der Waals surface area contributed by atoms with Crippen molar-refractivity contribution in [2.75, 3.05) is 19.7 Å². The predicted molar refractivity (Wildman–Crippen MR) is 119 cm³/mol. The van der Waals surface area contributed by atoms with Gasteiger partial charge in [-0.3, -0.25) is 9.59 Å². The molecule has 32 heavy (non-hydrogen) atoms. The standard InChI is InChI=1S/C24H32N4O4/c1-16(2)17-3-5-18(6-4-17)24-26-22(32-27-24)9-10-23(30)31-15-21(29)25-19-11-13-28(14-12-19)20-7-8-20/h3-6,16,19-20H,7-15H2,1-2H3,(H,25,29). The van der Waals surface area contributed by atoms with E-state index in [-0.39, 0.29) is 31.4 Å².